The first-order valence-electron chi connectivity index (χ1n) is 5.30. The summed E-state index contributed by atoms with van der Waals surface area (Å²) < 4.78 is 5.15. The van der Waals surface area contributed by atoms with Crippen LogP contribution in [0, 0.1) is 0 Å². The number of hydrogen-bond acceptors (Lipinski definition) is 2. The number of ether oxygens (including phenoxy) is 1. The third-order valence-corrected chi connectivity index (χ3v) is 2.72. The first kappa shape index (κ1) is 8.52. The van der Waals surface area contributed by atoms with Crippen LogP contribution in [0.25, 0.3) is 0 Å². The monoisotopic (exact) mass is 169 g/mol. The van der Waals surface area contributed by atoms with Crippen molar-refractivity contribution in [1.29, 1.82) is 0 Å². The molecule has 0 aliphatic carbocycles. The Hall–Kier alpha value is -0.0800. The summed E-state index contributed by atoms with van der Waals surface area (Å²) in [7, 11) is 0. The van der Waals surface area contributed by atoms with Crippen LogP contribution < -0.4 is 5.32 Å². The second-order valence-electron chi connectivity index (χ2n) is 4.05. The van der Waals surface area contributed by atoms with Gasteiger partial charge in [-0.3, -0.25) is 0 Å². The second kappa shape index (κ2) is 4.24. The Morgan fingerprint density at radius 1 is 1.08 bits per heavy atom. The molecule has 0 unspecified atom stereocenters. The van der Waals surface area contributed by atoms with E-state index in [9.17, 15) is 0 Å². The van der Waals surface area contributed by atoms with E-state index in [1.54, 1.807) is 0 Å². The SMILES string of the molecule is C(CCC[C@@H]1CO1)CC[C@@H]1CN1. The number of hydrogen-bond donors (Lipinski definition) is 1. The standard InChI is InChI=1S/C10H19NO/c1(3-5-9-7-11-9)2-4-6-10-8-12-10/h9-11H,1-8H2/t9-,10-/m1/s1. The molecule has 2 heterocycles. The predicted molar refractivity (Wildman–Crippen MR) is 49.2 cm³/mol. The molecule has 2 aliphatic heterocycles. The molecule has 2 rings (SSSR count). The summed E-state index contributed by atoms with van der Waals surface area (Å²) >= 11 is 0. The van der Waals surface area contributed by atoms with Gasteiger partial charge < -0.3 is 10.1 Å². The lowest BCUT2D eigenvalue weighted by Crippen LogP contribution is -1.90. The van der Waals surface area contributed by atoms with Gasteiger partial charge in [-0.05, 0) is 12.8 Å². The van der Waals surface area contributed by atoms with Crippen molar-refractivity contribution >= 4 is 0 Å². The highest BCUT2D eigenvalue weighted by molar-refractivity contribution is 4.82. The van der Waals surface area contributed by atoms with Crippen LogP contribution >= 0.6 is 0 Å². The topological polar surface area (TPSA) is 34.5 Å². The van der Waals surface area contributed by atoms with Crippen LogP contribution in [0.3, 0.4) is 0 Å². The molecule has 1 N–H and O–H groups in total. The Kier molecular flexibility index (Phi) is 3.01. The largest absolute Gasteiger partial charge is 0.373 e. The summed E-state index contributed by atoms with van der Waals surface area (Å²) in [6, 6.07) is 0.886. The van der Waals surface area contributed by atoms with Crippen molar-refractivity contribution in [2.75, 3.05) is 13.2 Å². The van der Waals surface area contributed by atoms with Gasteiger partial charge in [0, 0.05) is 12.6 Å². The van der Waals surface area contributed by atoms with Crippen LogP contribution in [0.5, 0.6) is 0 Å². The summed E-state index contributed by atoms with van der Waals surface area (Å²) in [4.78, 5) is 0. The normalized spacial score (nSPS) is 32.0. The fourth-order valence-electron chi connectivity index (χ4n) is 1.64. The average Bonchev–Trinajstić information content (AvgIpc) is 2.89. The highest BCUT2D eigenvalue weighted by atomic mass is 16.6. The van der Waals surface area contributed by atoms with Gasteiger partial charge in [0.1, 0.15) is 0 Å². The first-order chi connectivity index (χ1) is 5.95. The maximum atomic E-state index is 5.15. The molecule has 2 aliphatic rings. The lowest BCUT2D eigenvalue weighted by atomic mass is 10.1. The fraction of sp³-hybridized carbons (Fsp3) is 1.00. The van der Waals surface area contributed by atoms with E-state index in [0.717, 1.165) is 12.6 Å². The summed E-state index contributed by atoms with van der Waals surface area (Å²) in [5.41, 5.74) is 0. The Balaban J connectivity index is 1.31. The minimum absolute atomic E-state index is 0.648. The van der Waals surface area contributed by atoms with E-state index in [2.05, 4.69) is 5.32 Å². The molecule has 2 atom stereocenters. The second-order valence-corrected chi connectivity index (χ2v) is 4.05. The third kappa shape index (κ3) is 3.55. The van der Waals surface area contributed by atoms with Crippen LogP contribution in [0.1, 0.15) is 38.5 Å². The molecule has 0 bridgehead atoms. The lowest BCUT2D eigenvalue weighted by molar-refractivity contribution is 0.387. The van der Waals surface area contributed by atoms with Crippen molar-refractivity contribution in [3.8, 4) is 0 Å². The molecular formula is C10H19NO. The highest BCUT2D eigenvalue weighted by Crippen LogP contribution is 2.18. The van der Waals surface area contributed by atoms with Gasteiger partial charge in [0.05, 0.1) is 12.7 Å². The summed E-state index contributed by atoms with van der Waals surface area (Å²) in [5, 5.41) is 3.33. The fourth-order valence-corrected chi connectivity index (χ4v) is 1.64. The van der Waals surface area contributed by atoms with Gasteiger partial charge in [-0.2, -0.15) is 0 Å². The van der Waals surface area contributed by atoms with Crippen molar-refractivity contribution < 1.29 is 4.74 Å². The van der Waals surface area contributed by atoms with Crippen molar-refractivity contribution in [2.45, 2.75) is 50.7 Å². The molecule has 2 heteroatoms. The van der Waals surface area contributed by atoms with Gasteiger partial charge in [-0.1, -0.05) is 25.7 Å². The number of nitrogens with one attached hydrogen (secondary N) is 1. The van der Waals surface area contributed by atoms with Crippen LogP contribution in [-0.4, -0.2) is 25.3 Å². The molecule has 12 heavy (non-hydrogen) atoms. The lowest BCUT2D eigenvalue weighted by Gasteiger charge is -1.98. The molecular weight excluding hydrogens is 150 g/mol. The van der Waals surface area contributed by atoms with Crippen LogP contribution in [0.4, 0.5) is 0 Å². The van der Waals surface area contributed by atoms with Crippen molar-refractivity contribution in [3.63, 3.8) is 0 Å². The maximum absolute atomic E-state index is 5.15. The molecule has 0 aromatic carbocycles. The van der Waals surface area contributed by atoms with Gasteiger partial charge in [0.15, 0.2) is 0 Å². The third-order valence-electron chi connectivity index (χ3n) is 2.72. The number of epoxide rings is 1. The van der Waals surface area contributed by atoms with E-state index in [1.165, 1.54) is 45.1 Å². The minimum Gasteiger partial charge on any atom is -0.373 e. The van der Waals surface area contributed by atoms with Gasteiger partial charge in [-0.25, -0.2) is 0 Å². The summed E-state index contributed by atoms with van der Waals surface area (Å²) in [6.45, 7) is 2.31. The average molecular weight is 169 g/mol. The maximum Gasteiger partial charge on any atom is 0.0810 e. The van der Waals surface area contributed by atoms with E-state index in [-0.39, 0.29) is 0 Å². The van der Waals surface area contributed by atoms with Crippen molar-refractivity contribution in [2.24, 2.45) is 0 Å². The van der Waals surface area contributed by atoms with Crippen molar-refractivity contribution in [3.05, 3.63) is 0 Å². The molecule has 2 saturated heterocycles. The molecule has 0 spiro atoms. The zero-order valence-corrected chi connectivity index (χ0v) is 7.72. The Morgan fingerprint density at radius 2 is 1.75 bits per heavy atom. The zero-order chi connectivity index (χ0) is 8.23. The smallest absolute Gasteiger partial charge is 0.0810 e. The Labute approximate surface area is 74.7 Å². The van der Waals surface area contributed by atoms with E-state index in [0.29, 0.717) is 6.10 Å². The van der Waals surface area contributed by atoms with Crippen LogP contribution in [0.2, 0.25) is 0 Å². The van der Waals surface area contributed by atoms with E-state index < -0.39 is 0 Å². The summed E-state index contributed by atoms with van der Waals surface area (Å²) in [6.07, 6.45) is 8.99. The van der Waals surface area contributed by atoms with Gasteiger partial charge in [0.2, 0.25) is 0 Å². The molecule has 2 fully saturated rings. The predicted octanol–water partition coefficient (Wildman–Crippen LogP) is 1.70. The van der Waals surface area contributed by atoms with E-state index >= 15 is 0 Å². The van der Waals surface area contributed by atoms with E-state index in [4.69, 9.17) is 4.74 Å². The molecule has 0 amide bonds. The van der Waals surface area contributed by atoms with Crippen LogP contribution in [-0.2, 0) is 4.74 Å². The minimum atomic E-state index is 0.648. The van der Waals surface area contributed by atoms with Crippen LogP contribution in [0.15, 0.2) is 0 Å². The van der Waals surface area contributed by atoms with E-state index in [1.807, 2.05) is 0 Å². The Bertz CT molecular complexity index is 114. The molecule has 70 valence electrons. The molecule has 0 aromatic heterocycles. The number of unbranched alkanes of at least 4 members (excludes halogenated alkanes) is 3. The summed E-state index contributed by atoms with van der Waals surface area (Å²) in [5.74, 6) is 0. The van der Waals surface area contributed by atoms with Gasteiger partial charge in [0.25, 0.3) is 0 Å². The number of rotatable bonds is 7. The molecule has 0 saturated carbocycles. The highest BCUT2D eigenvalue weighted by Gasteiger charge is 2.21. The zero-order valence-electron chi connectivity index (χ0n) is 7.72. The molecule has 0 radical (unpaired) electrons. The molecule has 2 nitrogen and oxygen atoms in total. The Morgan fingerprint density at radius 3 is 2.33 bits per heavy atom. The van der Waals surface area contributed by atoms with Gasteiger partial charge in [-0.15, -0.1) is 0 Å². The first-order valence-corrected chi connectivity index (χ1v) is 5.30. The quantitative estimate of drug-likeness (QED) is 0.465. The van der Waals surface area contributed by atoms with Gasteiger partial charge >= 0.3 is 0 Å². The van der Waals surface area contributed by atoms with Crippen molar-refractivity contribution in [1.82, 2.24) is 5.32 Å². The molecule has 0 aromatic rings.